The second-order valence-electron chi connectivity index (χ2n) is 6.64. The Kier molecular flexibility index (Phi) is 3.14. The molecule has 0 atom stereocenters. The van der Waals surface area contributed by atoms with Gasteiger partial charge in [0, 0.05) is 22.8 Å². The smallest absolute Gasteiger partial charge is 0.250 e. The lowest BCUT2D eigenvalue weighted by atomic mass is 10.2. The summed E-state index contributed by atoms with van der Waals surface area (Å²) in [6, 6.07) is 9.18. The highest BCUT2D eigenvalue weighted by Crippen LogP contribution is 2.37. The van der Waals surface area contributed by atoms with Crippen molar-refractivity contribution < 1.29 is 8.54 Å². The number of aryl methyl sites for hydroxylation is 1. The van der Waals surface area contributed by atoms with E-state index in [1.165, 1.54) is 6.20 Å². The van der Waals surface area contributed by atoms with Crippen LogP contribution in [0.5, 0.6) is 5.75 Å². The van der Waals surface area contributed by atoms with E-state index < -0.39 is 15.3 Å². The van der Waals surface area contributed by atoms with Gasteiger partial charge in [-0.1, -0.05) is 20.8 Å². The summed E-state index contributed by atoms with van der Waals surface area (Å²) in [6.45, 7) is 8.70. The van der Waals surface area contributed by atoms with Crippen molar-refractivity contribution in [3.63, 3.8) is 0 Å². The molecule has 114 valence electrons. The van der Waals surface area contributed by atoms with Crippen LogP contribution in [0.25, 0.3) is 0 Å². The third-order valence-corrected chi connectivity index (χ3v) is 8.31. The number of hydrogen-bond donors (Lipinski definition) is 1. The van der Waals surface area contributed by atoms with Crippen LogP contribution < -0.4 is 9.74 Å². The van der Waals surface area contributed by atoms with Crippen molar-refractivity contribution in [3.8, 4) is 5.75 Å². The predicted molar refractivity (Wildman–Crippen MR) is 90.8 cm³/mol. The van der Waals surface area contributed by atoms with Gasteiger partial charge < -0.3 is 9.74 Å². The van der Waals surface area contributed by atoms with Gasteiger partial charge in [0.1, 0.15) is 11.6 Å². The molecular weight excluding hydrogens is 278 g/mol. The Hall–Kier alpha value is -1.75. The number of hydrogen-bond acceptors (Lipinski definition) is 3. The number of rotatable bonds is 4. The first-order chi connectivity index (χ1) is 10.9. The average molecular weight is 307 g/mol. The van der Waals surface area contributed by atoms with E-state index in [0.29, 0.717) is 5.82 Å². The molecule has 0 saturated carbocycles. The molecule has 0 radical (unpaired) electrons. The number of nitrogens with one attached hydrogen (secondary N) is 1. The van der Waals surface area contributed by atoms with Gasteiger partial charge >= 0.3 is 0 Å². The summed E-state index contributed by atoms with van der Waals surface area (Å²) in [4.78, 5) is 0. The van der Waals surface area contributed by atoms with E-state index in [1.807, 2.05) is 24.3 Å². The maximum Gasteiger partial charge on any atom is 0.250 e. The van der Waals surface area contributed by atoms with Gasteiger partial charge in [-0.25, -0.2) is 0 Å². The lowest BCUT2D eigenvalue weighted by Crippen LogP contribution is -2.43. The highest BCUT2D eigenvalue weighted by molar-refractivity contribution is 6.74. The molecule has 21 heavy (non-hydrogen) atoms. The molecule has 0 aliphatic rings. The minimum absolute atomic E-state index is 0.135. The number of nitrogens with zero attached hydrogens (tertiary/aromatic N) is 2. The summed E-state index contributed by atoms with van der Waals surface area (Å²) in [5, 5.41) is 7.06. The largest absolute Gasteiger partial charge is 0.544 e. The van der Waals surface area contributed by atoms with Crippen LogP contribution in [0.2, 0.25) is 18.1 Å². The van der Waals surface area contributed by atoms with E-state index in [-0.39, 0.29) is 5.04 Å². The Labute approximate surface area is 132 Å². The van der Waals surface area contributed by atoms with Crippen molar-refractivity contribution in [3.05, 3.63) is 36.5 Å². The van der Waals surface area contributed by atoms with Crippen molar-refractivity contribution in [2.75, 3.05) is 5.32 Å². The summed E-state index contributed by atoms with van der Waals surface area (Å²) in [5.74, 6) is 1.25. The van der Waals surface area contributed by atoms with Crippen LogP contribution in [0.4, 0.5) is 11.5 Å². The van der Waals surface area contributed by atoms with Gasteiger partial charge in [-0.2, -0.15) is 5.10 Å². The van der Waals surface area contributed by atoms with Crippen LogP contribution in [-0.4, -0.2) is 18.1 Å². The van der Waals surface area contributed by atoms with Crippen molar-refractivity contribution in [1.82, 2.24) is 9.78 Å². The van der Waals surface area contributed by atoms with E-state index in [9.17, 15) is 0 Å². The van der Waals surface area contributed by atoms with Crippen molar-refractivity contribution in [2.24, 2.45) is 6.98 Å². The molecular formula is C16H25N3OSi. The minimum Gasteiger partial charge on any atom is -0.544 e. The predicted octanol–water partition coefficient (Wildman–Crippen LogP) is 4.55. The van der Waals surface area contributed by atoms with Gasteiger partial charge in [0.15, 0.2) is 0 Å². The molecule has 1 aromatic heterocycles. The molecule has 0 aliphatic heterocycles. The SMILES string of the molecule is [2H]C([2H])([2H])n1nccc1Nc1ccc(O[Si](C)(C)C(C)(C)C)cc1. The topological polar surface area (TPSA) is 39.1 Å². The average Bonchev–Trinajstić information content (AvgIpc) is 2.87. The van der Waals surface area contributed by atoms with Gasteiger partial charge in [0.05, 0.1) is 6.20 Å². The Bertz CT molecular complexity index is 688. The minimum atomic E-state index is -2.31. The molecule has 2 rings (SSSR count). The molecule has 1 N–H and O–H groups in total. The van der Waals surface area contributed by atoms with E-state index in [0.717, 1.165) is 16.1 Å². The fraction of sp³-hybridized carbons (Fsp3) is 0.438. The second kappa shape index (κ2) is 5.56. The summed E-state index contributed by atoms with van der Waals surface area (Å²) in [7, 11) is -1.87. The maximum absolute atomic E-state index is 7.47. The fourth-order valence-corrected chi connectivity index (χ4v) is 2.63. The summed E-state index contributed by atoms with van der Waals surface area (Å²) in [6.07, 6.45) is 1.46. The molecule has 0 aliphatic carbocycles. The first-order valence-corrected chi connectivity index (χ1v) is 9.92. The molecule has 1 aromatic carbocycles. The van der Waals surface area contributed by atoms with Crippen molar-refractivity contribution in [1.29, 1.82) is 0 Å². The molecule has 0 fully saturated rings. The zero-order chi connectivity index (χ0) is 18.2. The number of benzene rings is 1. The molecule has 0 spiro atoms. The van der Waals surface area contributed by atoms with E-state index >= 15 is 0 Å². The number of aromatic nitrogens is 2. The van der Waals surface area contributed by atoms with Crippen LogP contribution in [0.15, 0.2) is 36.5 Å². The van der Waals surface area contributed by atoms with E-state index in [4.69, 9.17) is 8.54 Å². The highest BCUT2D eigenvalue weighted by Gasteiger charge is 2.38. The Morgan fingerprint density at radius 2 is 1.86 bits per heavy atom. The molecule has 4 nitrogen and oxygen atoms in total. The van der Waals surface area contributed by atoms with Crippen LogP contribution in [0, 0.1) is 0 Å². The molecule has 5 heteroatoms. The normalized spacial score (nSPS) is 15.0. The zero-order valence-corrected chi connectivity index (χ0v) is 14.3. The molecule has 1 heterocycles. The first kappa shape index (κ1) is 11.9. The van der Waals surface area contributed by atoms with Crippen LogP contribution in [0.1, 0.15) is 24.9 Å². The lowest BCUT2D eigenvalue weighted by Gasteiger charge is -2.36. The molecule has 0 saturated heterocycles. The number of anilines is 2. The van der Waals surface area contributed by atoms with Gasteiger partial charge in [0.2, 0.25) is 8.32 Å². The quantitative estimate of drug-likeness (QED) is 0.842. The van der Waals surface area contributed by atoms with Gasteiger partial charge in [-0.15, -0.1) is 0 Å². The maximum atomic E-state index is 7.47. The van der Waals surface area contributed by atoms with E-state index in [2.05, 4.69) is 44.3 Å². The summed E-state index contributed by atoms with van der Waals surface area (Å²) >= 11 is 0. The highest BCUT2D eigenvalue weighted by atomic mass is 28.4. The molecule has 0 bridgehead atoms. The van der Waals surface area contributed by atoms with Crippen LogP contribution in [-0.2, 0) is 6.98 Å². The first-order valence-electron chi connectivity index (χ1n) is 8.51. The third kappa shape index (κ3) is 3.67. The van der Waals surface area contributed by atoms with Gasteiger partial charge in [0.25, 0.3) is 0 Å². The van der Waals surface area contributed by atoms with Crippen molar-refractivity contribution in [2.45, 2.75) is 38.9 Å². The molecule has 2 aromatic rings. The van der Waals surface area contributed by atoms with E-state index in [1.54, 1.807) is 6.07 Å². The second-order valence-corrected chi connectivity index (χ2v) is 11.4. The van der Waals surface area contributed by atoms with Gasteiger partial charge in [-0.05, 0) is 42.4 Å². The Morgan fingerprint density at radius 1 is 1.19 bits per heavy atom. The monoisotopic (exact) mass is 306 g/mol. The van der Waals surface area contributed by atoms with Crippen molar-refractivity contribution >= 4 is 19.8 Å². The Balaban J connectivity index is 2.13. The lowest BCUT2D eigenvalue weighted by molar-refractivity contribution is 0.492. The fourth-order valence-electron chi connectivity index (χ4n) is 1.60. The molecule has 0 amide bonds. The zero-order valence-electron chi connectivity index (χ0n) is 16.3. The van der Waals surface area contributed by atoms with Gasteiger partial charge in [-0.3, -0.25) is 4.68 Å². The molecule has 0 unspecified atom stereocenters. The van der Waals surface area contributed by atoms with Crippen LogP contribution in [0.3, 0.4) is 0 Å². The summed E-state index contributed by atoms with van der Waals surface area (Å²) in [5.41, 5.74) is 0.781. The van der Waals surface area contributed by atoms with Crippen LogP contribution >= 0.6 is 0 Å². The Morgan fingerprint density at radius 3 is 2.43 bits per heavy atom. The summed E-state index contributed by atoms with van der Waals surface area (Å²) < 4.78 is 29.6. The standard InChI is InChI=1S/C16H25N3OSi/c1-16(2,3)21(5,6)20-14-9-7-13(8-10-14)18-15-11-12-17-19(15)4/h7-12,18H,1-6H3/i4D3. The third-order valence-electron chi connectivity index (χ3n) is 3.95.